The average molecular weight is 280 g/mol. The van der Waals surface area contributed by atoms with Crippen molar-refractivity contribution in [3.63, 3.8) is 0 Å². The van der Waals surface area contributed by atoms with Crippen LogP contribution in [0.5, 0.6) is 0 Å². The monoisotopic (exact) mass is 279 g/mol. The van der Waals surface area contributed by atoms with Gasteiger partial charge in [0, 0.05) is 16.8 Å². The molecule has 1 saturated heterocycles. The van der Waals surface area contributed by atoms with Gasteiger partial charge in [-0.05, 0) is 49.8 Å². The van der Waals surface area contributed by atoms with E-state index in [4.69, 9.17) is 11.6 Å². The van der Waals surface area contributed by atoms with Crippen LogP contribution >= 0.6 is 11.6 Å². The number of anilines is 1. The lowest BCUT2D eigenvalue weighted by Crippen LogP contribution is -2.40. The van der Waals surface area contributed by atoms with Gasteiger partial charge in [0.05, 0.1) is 0 Å². The maximum Gasteiger partial charge on any atom is 0.242 e. The summed E-state index contributed by atoms with van der Waals surface area (Å²) < 4.78 is 0. The summed E-state index contributed by atoms with van der Waals surface area (Å²) in [6.45, 7) is 1.91. The van der Waals surface area contributed by atoms with Crippen LogP contribution in [0.25, 0.3) is 0 Å². The Labute approximate surface area is 117 Å². The molecule has 2 unspecified atom stereocenters. The minimum atomic E-state index is -0.163. The molecule has 2 aliphatic rings. The molecule has 1 aromatic carbocycles. The van der Waals surface area contributed by atoms with Crippen LogP contribution in [0.2, 0.25) is 5.02 Å². The van der Waals surface area contributed by atoms with Crippen LogP contribution in [0, 0.1) is 12.8 Å². The number of carbonyl (C=O) groups excluding carboxylic acids is 1. The van der Waals surface area contributed by atoms with E-state index in [2.05, 4.69) is 16.2 Å². The van der Waals surface area contributed by atoms with Crippen molar-refractivity contribution >= 4 is 23.2 Å². The van der Waals surface area contributed by atoms with Crippen LogP contribution in [-0.4, -0.2) is 18.0 Å². The van der Waals surface area contributed by atoms with E-state index in [1.807, 2.05) is 25.1 Å². The molecular weight excluding hydrogens is 262 g/mol. The fourth-order valence-corrected chi connectivity index (χ4v) is 2.70. The van der Waals surface area contributed by atoms with E-state index in [1.54, 1.807) is 0 Å². The Bertz CT molecular complexity index is 501. The molecule has 2 atom stereocenters. The molecule has 4 nitrogen and oxygen atoms in total. The molecule has 3 N–H and O–H groups in total. The van der Waals surface area contributed by atoms with Gasteiger partial charge in [-0.25, -0.2) is 5.43 Å². The third-order valence-electron chi connectivity index (χ3n) is 3.97. The van der Waals surface area contributed by atoms with E-state index in [0.29, 0.717) is 11.1 Å². The maximum absolute atomic E-state index is 12.2. The van der Waals surface area contributed by atoms with Gasteiger partial charge >= 0.3 is 0 Å². The molecular formula is C14H18ClN3O. The normalized spacial score (nSPS) is 26.4. The summed E-state index contributed by atoms with van der Waals surface area (Å²) in [5.41, 5.74) is 8.00. The Morgan fingerprint density at radius 3 is 2.89 bits per heavy atom. The van der Waals surface area contributed by atoms with Crippen LogP contribution < -0.4 is 16.2 Å². The summed E-state index contributed by atoms with van der Waals surface area (Å²) in [6, 6.07) is 5.82. The van der Waals surface area contributed by atoms with E-state index in [9.17, 15) is 4.79 Å². The maximum atomic E-state index is 12.2. The predicted octanol–water partition coefficient (Wildman–Crippen LogP) is 2.23. The van der Waals surface area contributed by atoms with Gasteiger partial charge in [0.25, 0.3) is 0 Å². The predicted molar refractivity (Wildman–Crippen MR) is 76.0 cm³/mol. The quantitative estimate of drug-likeness (QED) is 0.795. The first kappa shape index (κ1) is 12.9. The van der Waals surface area contributed by atoms with Crippen molar-refractivity contribution in [3.05, 3.63) is 28.8 Å². The summed E-state index contributed by atoms with van der Waals surface area (Å²) in [5, 5.41) is 3.62. The van der Waals surface area contributed by atoms with E-state index in [1.165, 1.54) is 12.8 Å². The fraction of sp³-hybridized carbons (Fsp3) is 0.500. The number of hydrazine groups is 1. The Morgan fingerprint density at radius 1 is 1.37 bits per heavy atom. The Balaban J connectivity index is 1.63. The topological polar surface area (TPSA) is 53.2 Å². The Hall–Kier alpha value is -1.10. The molecule has 0 aromatic heterocycles. The van der Waals surface area contributed by atoms with Crippen LogP contribution in [0.3, 0.4) is 0 Å². The SMILES string of the molecule is Cc1c(Cl)cccc1NC(=O)C1CC(C2CC2)NN1. The average Bonchev–Trinajstić information content (AvgIpc) is 3.12. The first-order chi connectivity index (χ1) is 9.15. The smallest absolute Gasteiger partial charge is 0.242 e. The minimum absolute atomic E-state index is 0.000941. The molecule has 1 aliphatic heterocycles. The number of hydrogen-bond acceptors (Lipinski definition) is 3. The van der Waals surface area contributed by atoms with Gasteiger partial charge in [-0.15, -0.1) is 0 Å². The van der Waals surface area contributed by atoms with Gasteiger partial charge < -0.3 is 5.32 Å². The fourth-order valence-electron chi connectivity index (χ4n) is 2.52. The number of rotatable bonds is 3. The summed E-state index contributed by atoms with van der Waals surface area (Å²) in [7, 11) is 0. The number of benzene rings is 1. The Morgan fingerprint density at radius 2 is 2.16 bits per heavy atom. The molecule has 1 heterocycles. The number of halogens is 1. The van der Waals surface area contributed by atoms with E-state index in [-0.39, 0.29) is 11.9 Å². The van der Waals surface area contributed by atoms with Gasteiger partial charge in [-0.3, -0.25) is 10.2 Å². The van der Waals surface area contributed by atoms with Crippen LogP contribution in [0.15, 0.2) is 18.2 Å². The molecule has 102 valence electrons. The van der Waals surface area contributed by atoms with Crippen molar-refractivity contribution in [1.82, 2.24) is 10.9 Å². The van der Waals surface area contributed by atoms with Crippen molar-refractivity contribution < 1.29 is 4.79 Å². The van der Waals surface area contributed by atoms with Gasteiger partial charge in [-0.2, -0.15) is 0 Å². The number of hydrogen-bond donors (Lipinski definition) is 3. The van der Waals surface area contributed by atoms with Crippen molar-refractivity contribution in [2.24, 2.45) is 5.92 Å². The number of nitrogens with one attached hydrogen (secondary N) is 3. The van der Waals surface area contributed by atoms with Gasteiger partial charge in [0.2, 0.25) is 5.91 Å². The third kappa shape index (κ3) is 2.76. The van der Waals surface area contributed by atoms with Crippen molar-refractivity contribution in [3.8, 4) is 0 Å². The molecule has 1 aromatic rings. The first-order valence-corrected chi connectivity index (χ1v) is 7.10. The molecule has 2 fully saturated rings. The zero-order valence-corrected chi connectivity index (χ0v) is 11.6. The third-order valence-corrected chi connectivity index (χ3v) is 4.38. The highest BCUT2D eigenvalue weighted by Gasteiger charge is 2.38. The summed E-state index contributed by atoms with van der Waals surface area (Å²) in [5.74, 6) is 0.749. The highest BCUT2D eigenvalue weighted by molar-refractivity contribution is 6.31. The zero-order chi connectivity index (χ0) is 13.4. The lowest BCUT2D eigenvalue weighted by molar-refractivity contribution is -0.117. The molecule has 0 bridgehead atoms. The lowest BCUT2D eigenvalue weighted by Gasteiger charge is -2.13. The summed E-state index contributed by atoms with van der Waals surface area (Å²) in [4.78, 5) is 12.2. The van der Waals surface area contributed by atoms with E-state index in [0.717, 1.165) is 23.6 Å². The van der Waals surface area contributed by atoms with Crippen molar-refractivity contribution in [2.45, 2.75) is 38.3 Å². The van der Waals surface area contributed by atoms with E-state index < -0.39 is 0 Å². The molecule has 1 aliphatic carbocycles. The van der Waals surface area contributed by atoms with Crippen molar-refractivity contribution in [2.75, 3.05) is 5.32 Å². The molecule has 5 heteroatoms. The highest BCUT2D eigenvalue weighted by atomic mass is 35.5. The standard InChI is InChI=1S/C14H18ClN3O/c1-8-10(15)3-2-4-11(8)16-14(19)13-7-12(17-18-13)9-5-6-9/h2-4,9,12-13,17-18H,5-7H2,1H3,(H,16,19). The first-order valence-electron chi connectivity index (χ1n) is 6.72. The molecule has 19 heavy (non-hydrogen) atoms. The number of amides is 1. The Kier molecular flexibility index (Phi) is 3.48. The molecule has 0 spiro atoms. The number of carbonyl (C=O) groups is 1. The minimum Gasteiger partial charge on any atom is -0.324 e. The largest absolute Gasteiger partial charge is 0.324 e. The molecule has 0 radical (unpaired) electrons. The second-order valence-electron chi connectivity index (χ2n) is 5.42. The van der Waals surface area contributed by atoms with Crippen molar-refractivity contribution in [1.29, 1.82) is 0 Å². The van der Waals surface area contributed by atoms with Gasteiger partial charge in [0.15, 0.2) is 0 Å². The van der Waals surface area contributed by atoms with Crippen LogP contribution in [0.4, 0.5) is 5.69 Å². The van der Waals surface area contributed by atoms with Crippen LogP contribution in [0.1, 0.15) is 24.8 Å². The molecule has 1 amide bonds. The van der Waals surface area contributed by atoms with Gasteiger partial charge in [0.1, 0.15) is 6.04 Å². The highest BCUT2D eigenvalue weighted by Crippen LogP contribution is 2.35. The molecule has 1 saturated carbocycles. The van der Waals surface area contributed by atoms with Crippen LogP contribution in [-0.2, 0) is 4.79 Å². The second kappa shape index (κ2) is 5.12. The van der Waals surface area contributed by atoms with E-state index >= 15 is 0 Å². The molecule has 3 rings (SSSR count). The van der Waals surface area contributed by atoms with Gasteiger partial charge in [-0.1, -0.05) is 17.7 Å². The summed E-state index contributed by atoms with van der Waals surface area (Å²) in [6.07, 6.45) is 3.41. The summed E-state index contributed by atoms with van der Waals surface area (Å²) >= 11 is 6.05. The lowest BCUT2D eigenvalue weighted by atomic mass is 10.1. The second-order valence-corrected chi connectivity index (χ2v) is 5.83. The zero-order valence-electron chi connectivity index (χ0n) is 10.9.